The molecule has 0 spiro atoms. The summed E-state index contributed by atoms with van der Waals surface area (Å²) in [6.07, 6.45) is 0. The maximum Gasteiger partial charge on any atom is 0.262 e. The number of oxazole rings is 1. The van der Waals surface area contributed by atoms with Crippen molar-refractivity contribution in [3.63, 3.8) is 0 Å². The number of sulfonamides is 1. The van der Waals surface area contributed by atoms with Crippen molar-refractivity contribution in [3.05, 3.63) is 60.7 Å². The van der Waals surface area contributed by atoms with E-state index < -0.39 is 10.0 Å². The van der Waals surface area contributed by atoms with E-state index in [0.717, 1.165) is 5.56 Å². The first kappa shape index (κ1) is 18.4. The highest BCUT2D eigenvalue weighted by Gasteiger charge is 2.28. The molecule has 136 valence electrons. The Labute approximate surface area is 154 Å². The summed E-state index contributed by atoms with van der Waals surface area (Å²) in [5.74, 6) is 0.520. The van der Waals surface area contributed by atoms with Crippen molar-refractivity contribution in [3.8, 4) is 22.8 Å². The van der Waals surface area contributed by atoms with E-state index >= 15 is 0 Å². The Bertz CT molecular complexity index is 973. The molecule has 1 aromatic heterocycles. The van der Waals surface area contributed by atoms with Gasteiger partial charge in [-0.2, -0.15) is 4.98 Å². The van der Waals surface area contributed by atoms with Crippen LogP contribution in [0.25, 0.3) is 22.8 Å². The first-order chi connectivity index (χ1) is 12.3. The molecule has 3 rings (SSSR count). The summed E-state index contributed by atoms with van der Waals surface area (Å²) < 4.78 is 34.3. The van der Waals surface area contributed by atoms with Gasteiger partial charge < -0.3 is 4.42 Å². The third-order valence-corrected chi connectivity index (χ3v) is 5.01. The highest BCUT2D eigenvalue weighted by Crippen LogP contribution is 2.32. The molecule has 0 saturated heterocycles. The molecule has 0 saturated carbocycles. The molecule has 2 aromatic carbocycles. The van der Waals surface area contributed by atoms with Gasteiger partial charge in [0.2, 0.25) is 10.9 Å². The van der Waals surface area contributed by atoms with E-state index in [4.69, 9.17) is 4.42 Å². The second-order valence-electron chi connectivity index (χ2n) is 7.27. The minimum absolute atomic E-state index is 0.0909. The van der Waals surface area contributed by atoms with Gasteiger partial charge in [0.15, 0.2) is 5.76 Å². The predicted molar refractivity (Wildman–Crippen MR) is 102 cm³/mol. The number of hydrogen-bond donors (Lipinski definition) is 1. The lowest BCUT2D eigenvalue weighted by Gasteiger charge is -2.18. The van der Waals surface area contributed by atoms with Gasteiger partial charge in [0.05, 0.1) is 0 Å². The van der Waals surface area contributed by atoms with Crippen LogP contribution in [0, 0.1) is 5.41 Å². The summed E-state index contributed by atoms with van der Waals surface area (Å²) >= 11 is 0. The van der Waals surface area contributed by atoms with Crippen molar-refractivity contribution in [2.45, 2.75) is 25.8 Å². The van der Waals surface area contributed by atoms with Crippen molar-refractivity contribution >= 4 is 10.0 Å². The summed E-state index contributed by atoms with van der Waals surface area (Å²) in [4.78, 5) is 4.31. The van der Waals surface area contributed by atoms with Gasteiger partial charge in [-0.05, 0) is 17.5 Å². The molecule has 1 heterocycles. The number of benzene rings is 2. The standard InChI is InChI=1S/C20H22N2O3S/c1-20(2,3)14-21-26(23,24)19-17(15-10-6-4-7-11-15)25-18(22-19)16-12-8-5-9-13-16/h4-13,21H,14H2,1-3H3. The average Bonchev–Trinajstić information content (AvgIpc) is 3.08. The van der Waals surface area contributed by atoms with Crippen molar-refractivity contribution < 1.29 is 12.8 Å². The molecule has 0 fully saturated rings. The molecule has 5 nitrogen and oxygen atoms in total. The number of rotatable bonds is 5. The molecule has 0 atom stereocenters. The Morgan fingerprint density at radius 2 is 1.46 bits per heavy atom. The third kappa shape index (κ3) is 4.20. The van der Waals surface area contributed by atoms with Crippen LogP contribution < -0.4 is 4.72 Å². The zero-order valence-corrected chi connectivity index (χ0v) is 15.9. The SMILES string of the molecule is CC(C)(C)CNS(=O)(=O)c1nc(-c2ccccc2)oc1-c1ccccc1. The first-order valence-corrected chi connectivity index (χ1v) is 9.86. The van der Waals surface area contributed by atoms with Crippen molar-refractivity contribution in [2.24, 2.45) is 5.41 Å². The Balaban J connectivity index is 2.09. The Morgan fingerprint density at radius 1 is 0.923 bits per heavy atom. The summed E-state index contributed by atoms with van der Waals surface area (Å²) in [6.45, 7) is 6.19. The largest absolute Gasteiger partial charge is 0.435 e. The summed E-state index contributed by atoms with van der Waals surface area (Å²) in [5.41, 5.74) is 1.20. The van der Waals surface area contributed by atoms with Crippen molar-refractivity contribution in [1.29, 1.82) is 0 Å². The quantitative estimate of drug-likeness (QED) is 0.725. The zero-order valence-electron chi connectivity index (χ0n) is 15.1. The Hall–Kier alpha value is -2.44. The molecule has 26 heavy (non-hydrogen) atoms. The van der Waals surface area contributed by atoms with E-state index in [2.05, 4.69) is 9.71 Å². The second-order valence-corrected chi connectivity index (χ2v) is 8.95. The molecule has 6 heteroatoms. The molecule has 3 aromatic rings. The zero-order chi connectivity index (χ0) is 18.8. The van der Waals surface area contributed by atoms with E-state index in [1.165, 1.54) is 0 Å². The minimum atomic E-state index is -3.81. The lowest BCUT2D eigenvalue weighted by Crippen LogP contribution is -2.32. The van der Waals surface area contributed by atoms with Gasteiger partial charge >= 0.3 is 0 Å². The smallest absolute Gasteiger partial charge is 0.262 e. The van der Waals surface area contributed by atoms with Gasteiger partial charge in [-0.1, -0.05) is 69.3 Å². The lowest BCUT2D eigenvalue weighted by atomic mass is 9.98. The van der Waals surface area contributed by atoms with Gasteiger partial charge in [0.25, 0.3) is 10.0 Å². The number of nitrogens with zero attached hydrogens (tertiary/aromatic N) is 1. The maximum atomic E-state index is 12.9. The molecule has 1 N–H and O–H groups in total. The van der Waals surface area contributed by atoms with Crippen molar-refractivity contribution in [2.75, 3.05) is 6.54 Å². The Morgan fingerprint density at radius 3 is 2.00 bits per heavy atom. The van der Waals surface area contributed by atoms with Crippen LogP contribution in [0.1, 0.15) is 20.8 Å². The van der Waals surface area contributed by atoms with Gasteiger partial charge in [-0.25, -0.2) is 13.1 Å². The van der Waals surface area contributed by atoms with Gasteiger partial charge in [0.1, 0.15) is 0 Å². The molecule has 0 aliphatic heterocycles. The average molecular weight is 370 g/mol. The Kier molecular flexibility index (Phi) is 4.98. The van der Waals surface area contributed by atoms with E-state index in [0.29, 0.717) is 12.1 Å². The molecule has 0 unspecified atom stereocenters. The monoisotopic (exact) mass is 370 g/mol. The normalized spacial score (nSPS) is 12.3. The van der Waals surface area contributed by atoms with Crippen LogP contribution in [-0.2, 0) is 10.0 Å². The molecule has 0 amide bonds. The fraction of sp³-hybridized carbons (Fsp3) is 0.250. The predicted octanol–water partition coefficient (Wildman–Crippen LogP) is 4.33. The molecule has 0 radical (unpaired) electrons. The number of nitrogens with one attached hydrogen (secondary N) is 1. The second kappa shape index (κ2) is 7.05. The van der Waals surface area contributed by atoms with Crippen LogP contribution in [-0.4, -0.2) is 19.9 Å². The van der Waals surface area contributed by atoms with Crippen LogP contribution in [0.15, 0.2) is 70.1 Å². The topological polar surface area (TPSA) is 72.2 Å². The van der Waals surface area contributed by atoms with Crippen LogP contribution in [0.3, 0.4) is 0 Å². The highest BCUT2D eigenvalue weighted by molar-refractivity contribution is 7.89. The number of aromatic nitrogens is 1. The van der Waals surface area contributed by atoms with E-state index in [1.54, 1.807) is 12.1 Å². The van der Waals surface area contributed by atoms with Gasteiger partial charge in [-0.15, -0.1) is 0 Å². The summed E-state index contributed by atoms with van der Waals surface area (Å²) in [5, 5.41) is -0.0909. The van der Waals surface area contributed by atoms with Crippen LogP contribution in [0.5, 0.6) is 0 Å². The van der Waals surface area contributed by atoms with Crippen LogP contribution >= 0.6 is 0 Å². The van der Waals surface area contributed by atoms with Gasteiger partial charge in [-0.3, -0.25) is 0 Å². The maximum absolute atomic E-state index is 12.9. The fourth-order valence-corrected chi connectivity index (χ4v) is 3.71. The highest BCUT2D eigenvalue weighted by atomic mass is 32.2. The first-order valence-electron chi connectivity index (χ1n) is 8.38. The molecule has 0 aliphatic rings. The van der Waals surface area contributed by atoms with E-state index in [9.17, 15) is 8.42 Å². The minimum Gasteiger partial charge on any atom is -0.435 e. The fourth-order valence-electron chi connectivity index (χ4n) is 2.34. The van der Waals surface area contributed by atoms with E-state index in [-0.39, 0.29) is 22.1 Å². The third-order valence-electron chi connectivity index (χ3n) is 3.70. The molecule has 0 bridgehead atoms. The molecular formula is C20H22N2O3S. The molecular weight excluding hydrogens is 348 g/mol. The number of hydrogen-bond acceptors (Lipinski definition) is 4. The van der Waals surface area contributed by atoms with Crippen LogP contribution in [0.2, 0.25) is 0 Å². The lowest BCUT2D eigenvalue weighted by molar-refractivity contribution is 0.407. The summed E-state index contributed by atoms with van der Waals surface area (Å²) in [6, 6.07) is 18.4. The van der Waals surface area contributed by atoms with Gasteiger partial charge in [0, 0.05) is 17.7 Å². The van der Waals surface area contributed by atoms with Crippen molar-refractivity contribution in [1.82, 2.24) is 9.71 Å². The van der Waals surface area contributed by atoms with Crippen LogP contribution in [0.4, 0.5) is 0 Å². The summed E-state index contributed by atoms with van der Waals surface area (Å²) in [7, 11) is -3.81. The molecule has 0 aliphatic carbocycles. The van der Waals surface area contributed by atoms with E-state index in [1.807, 2.05) is 69.3 Å².